The third-order valence-corrected chi connectivity index (χ3v) is 3.44. The van der Waals surface area contributed by atoms with E-state index in [1.807, 2.05) is 0 Å². The van der Waals surface area contributed by atoms with Crippen molar-refractivity contribution in [1.29, 1.82) is 0 Å². The van der Waals surface area contributed by atoms with Crippen LogP contribution in [0, 0.1) is 0 Å². The lowest BCUT2D eigenvalue weighted by atomic mass is 9.80. The molecule has 2 aliphatic heterocycles. The van der Waals surface area contributed by atoms with Gasteiger partial charge in [0.1, 0.15) is 12.2 Å². The molecule has 30 heavy (non-hydrogen) atoms. The molecule has 8 heteroatoms. The van der Waals surface area contributed by atoms with Crippen LogP contribution < -0.4 is 0 Å². The third-order valence-electron chi connectivity index (χ3n) is 3.44. The lowest BCUT2D eigenvalue weighted by molar-refractivity contribution is -0.260. The Morgan fingerprint density at radius 1 is 0.867 bits per heavy atom. The van der Waals surface area contributed by atoms with Gasteiger partial charge in [0.25, 0.3) is 0 Å². The van der Waals surface area contributed by atoms with Crippen molar-refractivity contribution in [3.05, 3.63) is 0 Å². The number of hydroxylamine groups is 4. The van der Waals surface area contributed by atoms with E-state index in [0.29, 0.717) is 0 Å². The Balaban J connectivity index is 3.11. The first-order chi connectivity index (χ1) is 26.3. The highest BCUT2D eigenvalue weighted by atomic mass is 16.6. The van der Waals surface area contributed by atoms with Crippen molar-refractivity contribution in [1.82, 2.24) is 10.1 Å². The van der Waals surface area contributed by atoms with Gasteiger partial charge < -0.3 is 19.9 Å². The molecule has 174 valence electrons. The summed E-state index contributed by atoms with van der Waals surface area (Å²) in [7, 11) is 0. The Labute approximate surface area is 225 Å². The zero-order valence-corrected chi connectivity index (χ0v) is 15.4. The van der Waals surface area contributed by atoms with Gasteiger partial charge in [-0.2, -0.15) is 10.1 Å². The Morgan fingerprint density at radius 2 is 1.17 bits per heavy atom. The van der Waals surface area contributed by atoms with Crippen LogP contribution in [0.4, 0.5) is 0 Å². The summed E-state index contributed by atoms with van der Waals surface area (Å²) in [6, 6.07) is 0. The fraction of sp³-hybridized carbons (Fsp3) is 0.909. The third kappa shape index (κ3) is 5.72. The zero-order valence-electron chi connectivity index (χ0n) is 47.4. The summed E-state index contributed by atoms with van der Waals surface area (Å²) in [4.78, 5) is 27.5. The molecule has 2 fully saturated rings. The molecule has 2 N–H and O–H groups in total. The minimum absolute atomic E-state index is 0.200. The molecular weight excluding hydrogens is 388 g/mol. The number of hydrogen-bond acceptors (Lipinski definition) is 8. The number of ether oxygens (including phenoxy) is 2. The first-order valence-electron chi connectivity index (χ1n) is 23.8. The maximum atomic E-state index is 13.8. The normalized spacial score (nSPS) is 64.5. The fourth-order valence-electron chi connectivity index (χ4n) is 2.18. The van der Waals surface area contributed by atoms with Crippen molar-refractivity contribution in [2.45, 2.75) is 128 Å². The molecule has 0 saturated carbocycles. The standard InChI is InChI=1S/C22H40N2O6/c1-19(2)11-15(12-20(3,4)23(19)27)29-17(25)9-10-18(26)30-16-13-21(5,6)24(28)22(7,8)14-16/h15-16,27-28H,9-14H2,1-8H3/i1D3,2D3,3D3,4D3,5D3,7D3,9D2,10D2,11D2,12D2,13D2,14D2,15D,16D. The predicted molar refractivity (Wildman–Crippen MR) is 111 cm³/mol. The van der Waals surface area contributed by atoms with E-state index in [9.17, 15) is 20.0 Å². The quantitative estimate of drug-likeness (QED) is 0.599. The van der Waals surface area contributed by atoms with Gasteiger partial charge in [0, 0.05) is 88.8 Å². The van der Waals surface area contributed by atoms with E-state index < -0.39 is 136 Å². The molecular formula is C22H40N2O6. The molecule has 0 aromatic carbocycles. The lowest BCUT2D eigenvalue weighted by Gasteiger charge is -2.51. The first-order valence-corrected chi connectivity index (χ1v) is 7.77. The second kappa shape index (κ2) is 8.37. The van der Waals surface area contributed by atoms with Gasteiger partial charge in [0.2, 0.25) is 0 Å². The highest BCUT2D eigenvalue weighted by molar-refractivity contribution is 5.77. The van der Waals surface area contributed by atoms with Crippen LogP contribution in [0.3, 0.4) is 0 Å². The molecule has 8 nitrogen and oxygen atoms in total. The number of hydrogen-bond donors (Lipinski definition) is 2. The minimum atomic E-state index is -5.45. The Morgan fingerprint density at radius 3 is 1.50 bits per heavy atom. The summed E-state index contributed by atoms with van der Waals surface area (Å²) < 4.78 is 271. The number of esters is 2. The highest BCUT2D eigenvalue weighted by Gasteiger charge is 2.47. The van der Waals surface area contributed by atoms with Gasteiger partial charge in [0.15, 0.2) is 0 Å². The smallest absolute Gasteiger partial charge is 0.306 e. The van der Waals surface area contributed by atoms with E-state index in [2.05, 4.69) is 9.47 Å². The van der Waals surface area contributed by atoms with Crippen molar-refractivity contribution >= 4 is 11.9 Å². The second-order valence-electron chi connectivity index (χ2n) is 6.38. The van der Waals surface area contributed by atoms with E-state index in [0.717, 1.165) is 0 Å². The summed E-state index contributed by atoms with van der Waals surface area (Å²) in [6.07, 6.45) is -39.9. The molecule has 0 amide bonds. The van der Waals surface area contributed by atoms with Crippen LogP contribution in [0.15, 0.2) is 0 Å². The first kappa shape index (κ1) is 5.82. The molecule has 0 aromatic rings. The number of carbonyl (C=O) groups is 2. The average Bonchev–Trinajstić information content (AvgIpc) is 2.97. The van der Waals surface area contributed by atoms with E-state index in [4.69, 9.17) is 43.9 Å². The largest absolute Gasteiger partial charge is 0.462 e. The van der Waals surface area contributed by atoms with Crippen molar-refractivity contribution in [2.75, 3.05) is 0 Å². The monoisotopic (exact) mass is 460 g/mol. The fourth-order valence-corrected chi connectivity index (χ4v) is 2.18. The molecule has 2 rings (SSSR count). The zero-order chi connectivity index (χ0) is 50.7. The minimum Gasteiger partial charge on any atom is -0.462 e. The molecule has 2 unspecified atom stereocenters. The van der Waals surface area contributed by atoms with Gasteiger partial charge in [0.05, 0.1) is 15.5 Å². The molecule has 0 spiro atoms. The summed E-state index contributed by atoms with van der Waals surface area (Å²) in [5.41, 5.74) is -18.1. The Kier molecular flexibility index (Phi) is 1.62. The van der Waals surface area contributed by atoms with Crippen LogP contribution in [-0.4, -0.2) is 66.8 Å². The van der Waals surface area contributed by atoms with E-state index in [-0.39, 0.29) is 13.8 Å². The second-order valence-corrected chi connectivity index (χ2v) is 6.38. The van der Waals surface area contributed by atoms with Crippen LogP contribution in [0.25, 0.3) is 0 Å². The number of carbonyl (C=O) groups excluding carboxylic acids is 2. The van der Waals surface area contributed by atoms with Crippen LogP contribution in [0.1, 0.15) is 137 Å². The molecule has 2 saturated heterocycles. The summed E-state index contributed by atoms with van der Waals surface area (Å²) in [5.74, 6) is -6.57. The van der Waals surface area contributed by atoms with Crippen molar-refractivity contribution in [3.63, 3.8) is 0 Å². The van der Waals surface area contributed by atoms with E-state index in [1.54, 1.807) is 0 Å². The number of piperidine rings is 2. The molecule has 0 aliphatic carbocycles. The highest BCUT2D eigenvalue weighted by Crippen LogP contribution is 2.39. The number of nitrogens with zero attached hydrogens (tertiary/aromatic N) is 2. The Hall–Kier alpha value is -1.22. The van der Waals surface area contributed by atoms with Crippen LogP contribution >= 0.6 is 0 Å². The van der Waals surface area contributed by atoms with Gasteiger partial charge in [-0.05, 0) is 55.0 Å². The van der Waals surface area contributed by atoms with Gasteiger partial charge in [-0.1, -0.05) is 0 Å². The van der Waals surface area contributed by atoms with Gasteiger partial charge in [-0.25, -0.2) is 0 Å². The molecule has 0 bridgehead atoms. The summed E-state index contributed by atoms with van der Waals surface area (Å²) in [5, 5.41) is 19.9. The lowest BCUT2D eigenvalue weighted by Crippen LogP contribution is -2.60. The topological polar surface area (TPSA) is 99.5 Å². The molecule has 0 aromatic heterocycles. The van der Waals surface area contributed by atoms with Gasteiger partial charge in [-0.3, -0.25) is 9.59 Å². The maximum absolute atomic E-state index is 13.8. The molecule has 2 aliphatic rings. The maximum Gasteiger partial charge on any atom is 0.306 e. The van der Waals surface area contributed by atoms with Crippen molar-refractivity contribution in [3.8, 4) is 0 Å². The summed E-state index contributed by atoms with van der Waals surface area (Å²) >= 11 is 0. The van der Waals surface area contributed by atoms with Crippen LogP contribution in [0.2, 0.25) is 0 Å². The van der Waals surface area contributed by atoms with E-state index in [1.165, 1.54) is 0 Å². The summed E-state index contributed by atoms with van der Waals surface area (Å²) in [6.45, 7) is -27.1. The SMILES string of the molecule is [2H]C([2H])([2H])C1(C)N(O)C(C)(C([2H])([2H])[2H])C([2H])([2H])C([2H])(OC(=O)C([2H])([2H])C([2H])([2H])C(=O)OC2([2H])C([2H])([2H])C(C([2H])([2H])[2H])(C([2H])([2H])[2H])N(O)C(C([2H])([2H])[2H])(C([2H])([2H])[2H])C2([2H])[2H])C1([2H])[2H]. The molecule has 0 radical (unpaired) electrons. The average molecular weight is 461 g/mol. The predicted octanol–water partition coefficient (Wildman–Crippen LogP) is 3.67. The van der Waals surface area contributed by atoms with Crippen molar-refractivity contribution < 1.29 is 73.3 Å². The van der Waals surface area contributed by atoms with Crippen molar-refractivity contribution in [2.24, 2.45) is 0 Å². The van der Waals surface area contributed by atoms with Crippen LogP contribution in [0.5, 0.6) is 0 Å². The number of rotatable bonds is 5. The van der Waals surface area contributed by atoms with E-state index >= 15 is 0 Å². The van der Waals surface area contributed by atoms with Gasteiger partial charge in [-0.15, -0.1) is 0 Å². The Bertz CT molecular complexity index is 1670. The molecule has 2 heterocycles. The van der Waals surface area contributed by atoms with Gasteiger partial charge >= 0.3 is 11.9 Å². The molecule has 2 atom stereocenters. The van der Waals surface area contributed by atoms with Crippen LogP contribution in [-0.2, 0) is 19.1 Å².